The largest absolute Gasteiger partial charge is 0.479 e. The van der Waals surface area contributed by atoms with Crippen LogP contribution in [0.3, 0.4) is 0 Å². The van der Waals surface area contributed by atoms with Crippen LogP contribution in [0.2, 0.25) is 0 Å². The van der Waals surface area contributed by atoms with Crippen molar-refractivity contribution in [2.75, 3.05) is 13.7 Å². The summed E-state index contributed by atoms with van der Waals surface area (Å²) in [5.41, 5.74) is 0. The molecule has 2 aliphatic heterocycles. The molecular formula is C33H52F3NO15. The highest BCUT2D eigenvalue weighted by Gasteiger charge is 2.54. The van der Waals surface area contributed by atoms with Crippen LogP contribution >= 0.6 is 0 Å². The molecular weight excluding hydrogens is 707 g/mol. The molecule has 2 saturated carbocycles. The van der Waals surface area contributed by atoms with E-state index >= 15 is 0 Å². The highest BCUT2D eigenvalue weighted by Crippen LogP contribution is 2.40. The number of ether oxygens (including phenoxy) is 6. The van der Waals surface area contributed by atoms with Gasteiger partial charge in [0.2, 0.25) is 0 Å². The second-order valence-corrected chi connectivity index (χ2v) is 14.2. The summed E-state index contributed by atoms with van der Waals surface area (Å²) in [7, 11) is 1.16. The molecule has 0 radical (unpaired) electrons. The van der Waals surface area contributed by atoms with E-state index in [2.05, 4.69) is 0 Å². The first kappa shape index (κ1) is 42.5. The van der Waals surface area contributed by atoms with Crippen LogP contribution in [0.4, 0.5) is 13.2 Å². The number of carboxylic acids is 1. The number of carbonyl (C=O) groups is 3. The van der Waals surface area contributed by atoms with Gasteiger partial charge in [-0.3, -0.25) is 9.59 Å². The van der Waals surface area contributed by atoms with Gasteiger partial charge in [0.25, 0.3) is 0 Å². The van der Waals surface area contributed by atoms with Crippen molar-refractivity contribution in [3.63, 3.8) is 0 Å². The zero-order valence-corrected chi connectivity index (χ0v) is 29.3. The number of hydrogen-bond donors (Lipinski definition) is 7. The number of amides is 1. The number of esters is 1. The van der Waals surface area contributed by atoms with Crippen LogP contribution in [0.1, 0.15) is 71.6 Å². The number of nitrogens with one attached hydrogen (secondary N) is 1. The number of halogens is 3. The number of aliphatic carboxylic acids is 1. The van der Waals surface area contributed by atoms with Crippen molar-refractivity contribution >= 4 is 17.8 Å². The highest BCUT2D eigenvalue weighted by atomic mass is 19.4. The van der Waals surface area contributed by atoms with Gasteiger partial charge in [-0.25, -0.2) is 4.79 Å². The van der Waals surface area contributed by atoms with Gasteiger partial charge in [-0.05, 0) is 38.0 Å². The van der Waals surface area contributed by atoms with Crippen molar-refractivity contribution in [1.29, 1.82) is 0 Å². The second-order valence-electron chi connectivity index (χ2n) is 14.2. The lowest BCUT2D eigenvalue weighted by Gasteiger charge is -2.49. The lowest BCUT2D eigenvalue weighted by molar-refractivity contribution is -0.339. The molecule has 2 saturated heterocycles. The highest BCUT2D eigenvalue weighted by molar-refractivity contribution is 5.82. The molecule has 0 aromatic heterocycles. The Balaban J connectivity index is 1.71. The Morgan fingerprint density at radius 1 is 0.904 bits per heavy atom. The maximum atomic E-state index is 13.7. The summed E-state index contributed by atoms with van der Waals surface area (Å²) in [6.45, 7) is 2.26. The van der Waals surface area contributed by atoms with E-state index in [-0.39, 0.29) is 25.2 Å². The Morgan fingerprint density at radius 3 is 2.15 bits per heavy atom. The molecule has 1 amide bonds. The smallest absolute Gasteiger partial charge is 0.471 e. The van der Waals surface area contributed by atoms with Gasteiger partial charge >= 0.3 is 24.0 Å². The van der Waals surface area contributed by atoms with Crippen LogP contribution in [0.5, 0.6) is 0 Å². The van der Waals surface area contributed by atoms with Gasteiger partial charge in [0, 0.05) is 0 Å². The van der Waals surface area contributed by atoms with E-state index in [0.29, 0.717) is 19.3 Å². The maximum Gasteiger partial charge on any atom is 0.471 e. The minimum atomic E-state index is -5.45. The van der Waals surface area contributed by atoms with E-state index in [1.165, 1.54) is 6.92 Å². The van der Waals surface area contributed by atoms with Gasteiger partial charge in [-0.2, -0.15) is 13.2 Å². The molecule has 0 bridgehead atoms. The van der Waals surface area contributed by atoms with Crippen LogP contribution in [0.25, 0.3) is 0 Å². The first-order chi connectivity index (χ1) is 24.5. The first-order valence-electron chi connectivity index (χ1n) is 17.8. The molecule has 4 fully saturated rings. The fraction of sp³-hybridized carbons (Fsp3) is 0.909. The van der Waals surface area contributed by atoms with E-state index in [1.807, 2.05) is 0 Å². The molecule has 0 aromatic rings. The third-order valence-corrected chi connectivity index (χ3v) is 10.7. The maximum absolute atomic E-state index is 13.7. The average molecular weight is 760 g/mol. The zero-order valence-electron chi connectivity index (χ0n) is 29.3. The standard InChI is InChI=1S/C33H52F3NO15/c1-4-16-11-17(29(45)47-3)12-18(26(16)52-31-25(42)24(41)22(39)14(2)48-31)50-30-21(37-32(46)33(34,35)36)27(23(40)20(13-38)51-30)49-19(28(43)44)10-15-8-6-5-7-9-15/h14-27,30-31,38-42H,4-13H2,1-3H3,(H,37,46)(H,43,44)/t14-,16?,17?,18+,19-,20-,21?,22?,23-,24-,25-,26?,27?,30+,31?/m0/s1. The third kappa shape index (κ3) is 10.1. The zero-order chi connectivity index (χ0) is 38.5. The molecule has 16 nitrogen and oxygen atoms in total. The van der Waals surface area contributed by atoms with Gasteiger partial charge < -0.3 is 64.4 Å². The summed E-state index contributed by atoms with van der Waals surface area (Å²) in [5.74, 6) is -6.07. The van der Waals surface area contributed by atoms with E-state index in [1.54, 1.807) is 12.2 Å². The molecule has 2 aliphatic carbocycles. The number of aliphatic hydroxyl groups is 5. The first-order valence-corrected chi connectivity index (χ1v) is 17.8. The topological polar surface area (TPSA) is 240 Å². The molecule has 4 rings (SSSR count). The van der Waals surface area contributed by atoms with Crippen LogP contribution in [-0.4, -0.2) is 148 Å². The molecule has 4 aliphatic rings. The number of alkyl halides is 3. The Bertz CT molecular complexity index is 1190. The molecule has 7 unspecified atom stereocenters. The van der Waals surface area contributed by atoms with Crippen molar-refractivity contribution in [3.05, 3.63) is 0 Å². The molecule has 19 heteroatoms. The summed E-state index contributed by atoms with van der Waals surface area (Å²) >= 11 is 0. The van der Waals surface area contributed by atoms with Crippen molar-refractivity contribution in [2.24, 2.45) is 17.8 Å². The number of rotatable bonds is 13. The Hall–Kier alpha value is -2.20. The van der Waals surface area contributed by atoms with Crippen LogP contribution in [-0.2, 0) is 42.8 Å². The lowest BCUT2D eigenvalue weighted by atomic mass is 9.76. The summed E-state index contributed by atoms with van der Waals surface area (Å²) in [5, 5.41) is 64.5. The predicted octanol–water partition coefficient (Wildman–Crippen LogP) is 0.128. The molecule has 300 valence electrons. The van der Waals surface area contributed by atoms with E-state index < -0.39 is 122 Å². The molecule has 15 atom stereocenters. The average Bonchev–Trinajstić information content (AvgIpc) is 3.11. The van der Waals surface area contributed by atoms with Gasteiger partial charge in [-0.15, -0.1) is 0 Å². The van der Waals surface area contributed by atoms with Crippen LogP contribution in [0, 0.1) is 17.8 Å². The van der Waals surface area contributed by atoms with Crippen molar-refractivity contribution < 1.29 is 86.6 Å². The number of carboxylic acid groups (broad SMARTS) is 1. The number of carbonyl (C=O) groups excluding carboxylic acids is 2. The van der Waals surface area contributed by atoms with Gasteiger partial charge in [0.1, 0.15) is 42.7 Å². The number of aliphatic hydroxyl groups excluding tert-OH is 5. The number of hydrogen-bond acceptors (Lipinski definition) is 14. The van der Waals surface area contributed by atoms with E-state index in [9.17, 15) is 58.2 Å². The number of methoxy groups -OCH3 is 1. The minimum Gasteiger partial charge on any atom is -0.479 e. The molecule has 0 aromatic carbocycles. The van der Waals surface area contributed by atoms with Crippen molar-refractivity contribution in [3.8, 4) is 0 Å². The summed E-state index contributed by atoms with van der Waals surface area (Å²) in [4.78, 5) is 37.6. The Kier molecular flexibility index (Phi) is 15.1. The van der Waals surface area contributed by atoms with Crippen LogP contribution in [0.15, 0.2) is 0 Å². The minimum absolute atomic E-state index is 0.0329. The van der Waals surface area contributed by atoms with Crippen molar-refractivity contribution in [1.82, 2.24) is 5.32 Å². The molecule has 0 spiro atoms. The van der Waals surface area contributed by atoms with Gasteiger partial charge in [-0.1, -0.05) is 45.4 Å². The fourth-order valence-electron chi connectivity index (χ4n) is 7.72. The molecule has 2 heterocycles. The second kappa shape index (κ2) is 18.4. The normalized spacial score (nSPS) is 39.8. The molecule has 7 N–H and O–H groups in total. The summed E-state index contributed by atoms with van der Waals surface area (Å²) in [6, 6.07) is -2.02. The SMILES string of the molecule is CCC1CC(C(=O)OC)C[C@@H](O[C@@H]2O[C@@H](CO)[C@H](O)C(O[C@@H](CC3CCCCC3)C(=O)O)C2NC(=O)C(F)(F)F)C1OC1O[C@@H](C)C(O)[C@H](O)[C@@H]1O. The van der Waals surface area contributed by atoms with Gasteiger partial charge in [0.05, 0.1) is 37.9 Å². The van der Waals surface area contributed by atoms with Crippen molar-refractivity contribution in [2.45, 2.75) is 157 Å². The summed E-state index contributed by atoms with van der Waals surface area (Å²) in [6.07, 6.45) is -20.0. The Morgan fingerprint density at radius 2 is 1.58 bits per heavy atom. The quantitative estimate of drug-likeness (QED) is 0.124. The van der Waals surface area contributed by atoms with Gasteiger partial charge in [0.15, 0.2) is 18.7 Å². The van der Waals surface area contributed by atoms with E-state index in [4.69, 9.17) is 28.4 Å². The monoisotopic (exact) mass is 759 g/mol. The van der Waals surface area contributed by atoms with E-state index in [0.717, 1.165) is 26.4 Å². The fourth-order valence-corrected chi connectivity index (χ4v) is 7.72. The lowest BCUT2D eigenvalue weighted by Crippen LogP contribution is -2.68. The Labute approximate surface area is 298 Å². The molecule has 52 heavy (non-hydrogen) atoms. The van der Waals surface area contributed by atoms with Crippen LogP contribution < -0.4 is 5.32 Å². The summed E-state index contributed by atoms with van der Waals surface area (Å²) < 4.78 is 75.7. The predicted molar refractivity (Wildman–Crippen MR) is 168 cm³/mol. The third-order valence-electron chi connectivity index (χ3n) is 10.7.